The molecule has 0 atom stereocenters. The van der Waals surface area contributed by atoms with Crippen LogP contribution in [-0.2, 0) is 13.5 Å². The van der Waals surface area contributed by atoms with E-state index in [4.69, 9.17) is 0 Å². The molecule has 0 N–H and O–H groups in total. The van der Waals surface area contributed by atoms with Gasteiger partial charge in [-0.25, -0.2) is 4.79 Å². The number of hydrogen-bond donors (Lipinski definition) is 0. The van der Waals surface area contributed by atoms with Crippen molar-refractivity contribution in [1.29, 1.82) is 5.26 Å². The van der Waals surface area contributed by atoms with E-state index in [1.807, 2.05) is 30.5 Å². The molecule has 1 aliphatic heterocycles. The Hall–Kier alpha value is -4.48. The Kier molecular flexibility index (Phi) is 5.70. The van der Waals surface area contributed by atoms with E-state index in [-0.39, 0.29) is 5.69 Å². The third kappa shape index (κ3) is 4.24. The lowest BCUT2D eigenvalue weighted by Crippen LogP contribution is -2.44. The van der Waals surface area contributed by atoms with E-state index in [2.05, 4.69) is 51.1 Å². The molecular weight excluding hydrogens is 462 g/mol. The van der Waals surface area contributed by atoms with Gasteiger partial charge in [-0.05, 0) is 54.6 Å². The molecule has 2 aliphatic rings. The van der Waals surface area contributed by atoms with Crippen LogP contribution in [0.1, 0.15) is 16.8 Å². The molecule has 0 radical (unpaired) electrons. The van der Waals surface area contributed by atoms with Crippen LogP contribution < -0.4 is 10.6 Å². The monoisotopic (exact) mass is 489 g/mol. The van der Waals surface area contributed by atoms with Crippen molar-refractivity contribution in [3.05, 3.63) is 88.4 Å². The second-order valence-corrected chi connectivity index (χ2v) is 9.68. The average Bonchev–Trinajstić information content (AvgIpc) is 3.52. The fraction of sp³-hybridized carbons (Fsp3) is 0.241. The summed E-state index contributed by atoms with van der Waals surface area (Å²) in [6.07, 6.45) is 10.5. The Morgan fingerprint density at radius 1 is 0.946 bits per heavy atom. The van der Waals surface area contributed by atoms with E-state index in [1.165, 1.54) is 0 Å². The summed E-state index contributed by atoms with van der Waals surface area (Å²) in [5, 5.41) is 9.77. The Morgan fingerprint density at radius 2 is 1.76 bits per heavy atom. The molecule has 0 unspecified atom stereocenters. The summed E-state index contributed by atoms with van der Waals surface area (Å²) in [5.74, 6) is 0. The van der Waals surface area contributed by atoms with Gasteiger partial charge < -0.3 is 14.4 Å². The highest BCUT2D eigenvalue weighted by molar-refractivity contribution is 5.73. The molecular formula is C29H27N7O. The van der Waals surface area contributed by atoms with Gasteiger partial charge in [0.2, 0.25) is 0 Å². The number of allylic oxidation sites excluding steroid dienone is 1. The van der Waals surface area contributed by atoms with E-state index in [1.54, 1.807) is 34.6 Å². The number of imidazole rings is 1. The van der Waals surface area contributed by atoms with Gasteiger partial charge in [0.15, 0.2) is 0 Å². The van der Waals surface area contributed by atoms with Crippen LogP contribution in [0.3, 0.4) is 0 Å². The number of anilines is 1. The number of nitrogens with zero attached hydrogens (tertiary/aromatic N) is 7. The fourth-order valence-corrected chi connectivity index (χ4v) is 5.05. The predicted octanol–water partition coefficient (Wildman–Crippen LogP) is 3.49. The third-order valence-corrected chi connectivity index (χ3v) is 7.18. The highest BCUT2D eigenvalue weighted by atomic mass is 16.1. The van der Waals surface area contributed by atoms with Gasteiger partial charge in [0, 0.05) is 69.5 Å². The van der Waals surface area contributed by atoms with Crippen LogP contribution in [0.25, 0.3) is 34.3 Å². The van der Waals surface area contributed by atoms with E-state index < -0.39 is 0 Å². The van der Waals surface area contributed by atoms with Crippen molar-refractivity contribution in [3.8, 4) is 34.3 Å². The summed E-state index contributed by atoms with van der Waals surface area (Å²) >= 11 is 0. The van der Waals surface area contributed by atoms with Crippen molar-refractivity contribution in [2.75, 3.05) is 38.1 Å². The molecule has 0 amide bonds. The fourth-order valence-electron chi connectivity index (χ4n) is 5.05. The van der Waals surface area contributed by atoms with Crippen molar-refractivity contribution >= 4 is 11.8 Å². The van der Waals surface area contributed by atoms with Crippen LogP contribution in [0.2, 0.25) is 0 Å². The Balaban J connectivity index is 1.44. The number of rotatable bonds is 4. The van der Waals surface area contributed by atoms with E-state index in [9.17, 15) is 10.1 Å². The van der Waals surface area contributed by atoms with Crippen LogP contribution >= 0.6 is 0 Å². The number of hydrogen-bond acceptors (Lipinski definition) is 6. The third-order valence-electron chi connectivity index (χ3n) is 7.18. The van der Waals surface area contributed by atoms with Crippen LogP contribution in [-0.4, -0.2) is 57.2 Å². The van der Waals surface area contributed by atoms with Gasteiger partial charge in [0.25, 0.3) is 0 Å². The minimum atomic E-state index is -0.189. The van der Waals surface area contributed by atoms with Gasteiger partial charge in [-0.3, -0.25) is 14.5 Å². The lowest BCUT2D eigenvalue weighted by atomic mass is 10.0. The maximum absolute atomic E-state index is 13.4. The summed E-state index contributed by atoms with van der Waals surface area (Å²) in [4.78, 5) is 27.2. The zero-order valence-electron chi connectivity index (χ0n) is 20.9. The lowest BCUT2D eigenvalue weighted by Gasteiger charge is -2.34. The number of nitriles is 1. The molecule has 8 heteroatoms. The van der Waals surface area contributed by atoms with Crippen molar-refractivity contribution in [3.63, 3.8) is 0 Å². The summed E-state index contributed by atoms with van der Waals surface area (Å²) in [6, 6.07) is 14.0. The minimum absolute atomic E-state index is 0.189. The number of pyridine rings is 2. The van der Waals surface area contributed by atoms with E-state index >= 15 is 0 Å². The molecule has 0 bridgehead atoms. The van der Waals surface area contributed by atoms with Gasteiger partial charge in [-0.2, -0.15) is 5.26 Å². The number of fused-ring (bicyclic) bond motifs is 1. The Labute approximate surface area is 215 Å². The maximum Gasteiger partial charge on any atom is 0.333 e. The quantitative estimate of drug-likeness (QED) is 0.436. The van der Waals surface area contributed by atoms with Crippen LogP contribution in [0, 0.1) is 11.3 Å². The molecule has 8 nitrogen and oxygen atoms in total. The number of aryl methyl sites for hydroxylation is 1. The zero-order chi connectivity index (χ0) is 25.5. The van der Waals surface area contributed by atoms with Crippen LogP contribution in [0.15, 0.2) is 65.9 Å². The zero-order valence-corrected chi connectivity index (χ0v) is 20.9. The van der Waals surface area contributed by atoms with Crippen molar-refractivity contribution in [2.45, 2.75) is 6.42 Å². The largest absolute Gasteiger partial charge is 0.369 e. The number of likely N-dealkylation sites (N-methyl/N-ethyl adjacent to an activating group) is 1. The second-order valence-electron chi connectivity index (χ2n) is 9.68. The molecule has 6 rings (SSSR count). The molecule has 37 heavy (non-hydrogen) atoms. The smallest absolute Gasteiger partial charge is 0.333 e. The SMILES string of the molecule is CN1CCN(c2cc(C#N)cc(-n3c(-c4cc(-c5cnc6c(c5)C=CC6)ccn4)cn(C)c3=O)c2)CC1. The molecule has 1 fully saturated rings. The first-order valence-electron chi connectivity index (χ1n) is 12.4. The van der Waals surface area contributed by atoms with E-state index in [0.717, 1.165) is 60.7 Å². The average molecular weight is 490 g/mol. The van der Waals surface area contributed by atoms with Crippen molar-refractivity contribution in [2.24, 2.45) is 7.05 Å². The standard InChI is InChI=1S/C29H27N7O/c1-33-8-10-35(11-9-33)24-12-20(17-30)13-25(16-24)36-28(19-34(2)29(36)37)27-15-21(6-7-31-27)23-14-22-4-3-5-26(22)32-18-23/h3-4,6-7,12-16,18-19H,5,8-11H2,1-2H3. The molecule has 4 aromatic rings. The Bertz CT molecular complexity index is 1630. The first kappa shape index (κ1) is 23.0. The Morgan fingerprint density at radius 3 is 2.57 bits per heavy atom. The maximum atomic E-state index is 13.4. The first-order chi connectivity index (χ1) is 18.0. The topological polar surface area (TPSA) is 83.0 Å². The lowest BCUT2D eigenvalue weighted by molar-refractivity contribution is 0.313. The second kappa shape index (κ2) is 9.19. The predicted molar refractivity (Wildman–Crippen MR) is 145 cm³/mol. The minimum Gasteiger partial charge on any atom is -0.369 e. The molecule has 4 heterocycles. The normalized spacial score (nSPS) is 15.1. The molecule has 3 aromatic heterocycles. The summed E-state index contributed by atoms with van der Waals surface area (Å²) < 4.78 is 3.20. The molecule has 184 valence electrons. The molecule has 0 saturated carbocycles. The van der Waals surface area contributed by atoms with Gasteiger partial charge in [-0.15, -0.1) is 0 Å². The molecule has 0 spiro atoms. The molecule has 1 aromatic carbocycles. The summed E-state index contributed by atoms with van der Waals surface area (Å²) in [6.45, 7) is 3.64. The molecule has 1 saturated heterocycles. The van der Waals surface area contributed by atoms with Gasteiger partial charge >= 0.3 is 5.69 Å². The van der Waals surface area contributed by atoms with Gasteiger partial charge in [0.1, 0.15) is 0 Å². The van der Waals surface area contributed by atoms with Crippen molar-refractivity contribution in [1.82, 2.24) is 24.0 Å². The highest BCUT2D eigenvalue weighted by Gasteiger charge is 2.20. The van der Waals surface area contributed by atoms with Gasteiger partial charge in [-0.1, -0.05) is 12.2 Å². The highest BCUT2D eigenvalue weighted by Crippen LogP contribution is 2.29. The number of aromatic nitrogens is 4. The summed E-state index contributed by atoms with van der Waals surface area (Å²) in [5.41, 5.74) is 7.49. The van der Waals surface area contributed by atoms with Gasteiger partial charge in [0.05, 0.1) is 34.4 Å². The van der Waals surface area contributed by atoms with Crippen LogP contribution in [0.4, 0.5) is 5.69 Å². The van der Waals surface area contributed by atoms with Crippen molar-refractivity contribution < 1.29 is 0 Å². The summed E-state index contributed by atoms with van der Waals surface area (Å²) in [7, 11) is 3.85. The first-order valence-corrected chi connectivity index (χ1v) is 12.4. The van der Waals surface area contributed by atoms with Crippen LogP contribution in [0.5, 0.6) is 0 Å². The molecule has 1 aliphatic carbocycles. The number of piperazine rings is 1. The number of benzene rings is 1. The van der Waals surface area contributed by atoms with E-state index in [0.29, 0.717) is 22.6 Å².